The molecule has 0 saturated carbocycles. The lowest BCUT2D eigenvalue weighted by molar-refractivity contribution is 1.05. The average molecular weight is 404 g/mol. The zero-order chi connectivity index (χ0) is 17.1. The number of rotatable bonds is 4. The van der Waals surface area contributed by atoms with E-state index in [0.29, 0.717) is 11.4 Å². The van der Waals surface area contributed by atoms with Gasteiger partial charge in [0.15, 0.2) is 0 Å². The molecule has 0 radical (unpaired) electrons. The van der Waals surface area contributed by atoms with Crippen molar-refractivity contribution in [2.24, 2.45) is 0 Å². The summed E-state index contributed by atoms with van der Waals surface area (Å²) in [6.45, 7) is 0. The largest absolute Gasteiger partial charge is 0.322 e. The zero-order valence-electron chi connectivity index (χ0n) is 11.5. The molecule has 8 nitrogen and oxygen atoms in total. The Labute approximate surface area is 155 Å². The molecular formula is C12H6Cl4N8. The van der Waals surface area contributed by atoms with Gasteiger partial charge in [-0.05, 0) is 58.5 Å². The van der Waals surface area contributed by atoms with Crippen molar-refractivity contribution in [2.75, 3.05) is 10.6 Å². The summed E-state index contributed by atoms with van der Waals surface area (Å²) in [6.07, 6.45) is 0. The Balaban J connectivity index is 1.90. The van der Waals surface area contributed by atoms with Crippen LogP contribution in [0.15, 0.2) is 24.3 Å². The molecule has 1 aromatic carbocycles. The van der Waals surface area contributed by atoms with Crippen LogP contribution in [0.4, 0.5) is 23.3 Å². The first kappa shape index (κ1) is 16.8. The molecule has 0 atom stereocenters. The second-order valence-electron chi connectivity index (χ2n) is 4.19. The second kappa shape index (κ2) is 7.27. The number of hydrogen-bond donors (Lipinski definition) is 2. The Bertz CT molecular complexity index is 778. The maximum atomic E-state index is 5.76. The van der Waals surface area contributed by atoms with Gasteiger partial charge < -0.3 is 10.6 Å². The molecule has 3 rings (SSSR count). The van der Waals surface area contributed by atoms with E-state index in [1.807, 2.05) is 12.1 Å². The predicted octanol–water partition coefficient (Wildman–Crippen LogP) is 4.16. The highest BCUT2D eigenvalue weighted by Crippen LogP contribution is 2.27. The molecule has 0 bridgehead atoms. The third-order valence-corrected chi connectivity index (χ3v) is 3.26. The molecule has 0 amide bonds. The third kappa shape index (κ3) is 4.30. The minimum absolute atomic E-state index is 0.0287. The molecule has 12 heteroatoms. The fraction of sp³-hybridized carbons (Fsp3) is 0. The number of hydrogen-bond acceptors (Lipinski definition) is 8. The van der Waals surface area contributed by atoms with E-state index >= 15 is 0 Å². The molecule has 3 aromatic rings. The lowest BCUT2D eigenvalue weighted by Gasteiger charge is -2.12. The van der Waals surface area contributed by atoms with Crippen LogP contribution in [0.1, 0.15) is 0 Å². The molecular weight excluding hydrogens is 398 g/mol. The fourth-order valence-electron chi connectivity index (χ4n) is 1.71. The van der Waals surface area contributed by atoms with Gasteiger partial charge in [-0.25, -0.2) is 0 Å². The highest BCUT2D eigenvalue weighted by Gasteiger charge is 2.09. The lowest BCUT2D eigenvalue weighted by Crippen LogP contribution is -2.04. The van der Waals surface area contributed by atoms with Crippen LogP contribution in [-0.4, -0.2) is 29.9 Å². The molecule has 0 aliphatic carbocycles. The van der Waals surface area contributed by atoms with Crippen LogP contribution in [-0.2, 0) is 0 Å². The Hall–Kier alpha value is -2.00. The minimum atomic E-state index is -0.0287. The van der Waals surface area contributed by atoms with Gasteiger partial charge in [-0.1, -0.05) is 12.1 Å². The van der Waals surface area contributed by atoms with Gasteiger partial charge in [-0.15, -0.1) is 0 Å². The summed E-state index contributed by atoms with van der Waals surface area (Å²) in [5.74, 6) is 0.363. The number of nitrogens with zero attached hydrogens (tertiary/aromatic N) is 6. The summed E-state index contributed by atoms with van der Waals surface area (Å²) in [4.78, 5) is 23.1. The SMILES string of the molecule is Clc1nc(Cl)nc(Nc2ccccc2Nc2nc(Cl)nc(Cl)n2)n1. The van der Waals surface area contributed by atoms with Gasteiger partial charge in [0.1, 0.15) is 0 Å². The summed E-state index contributed by atoms with van der Waals surface area (Å²) in [5.41, 5.74) is 1.23. The smallest absolute Gasteiger partial charge is 0.232 e. The Morgan fingerprint density at radius 3 is 1.21 bits per heavy atom. The van der Waals surface area contributed by atoms with Crippen molar-refractivity contribution in [2.45, 2.75) is 0 Å². The molecule has 0 unspecified atom stereocenters. The molecule has 0 spiro atoms. The number of para-hydroxylation sites is 2. The van der Waals surface area contributed by atoms with Gasteiger partial charge in [-0.3, -0.25) is 0 Å². The first-order chi connectivity index (χ1) is 11.5. The monoisotopic (exact) mass is 402 g/mol. The van der Waals surface area contributed by atoms with Crippen LogP contribution in [0.5, 0.6) is 0 Å². The van der Waals surface area contributed by atoms with Gasteiger partial charge in [0.2, 0.25) is 33.0 Å². The molecule has 0 saturated heterocycles. The second-order valence-corrected chi connectivity index (χ2v) is 5.54. The minimum Gasteiger partial charge on any atom is -0.322 e. The van der Waals surface area contributed by atoms with E-state index in [1.54, 1.807) is 12.1 Å². The van der Waals surface area contributed by atoms with Crippen LogP contribution in [0, 0.1) is 0 Å². The van der Waals surface area contributed by atoms with Crippen molar-refractivity contribution in [1.82, 2.24) is 29.9 Å². The van der Waals surface area contributed by atoms with Crippen molar-refractivity contribution < 1.29 is 0 Å². The van der Waals surface area contributed by atoms with Crippen molar-refractivity contribution in [1.29, 1.82) is 0 Å². The first-order valence-corrected chi connectivity index (χ1v) is 7.78. The molecule has 2 aromatic heterocycles. The fourth-order valence-corrected chi connectivity index (χ4v) is 2.43. The normalized spacial score (nSPS) is 10.5. The van der Waals surface area contributed by atoms with Gasteiger partial charge in [0.25, 0.3) is 0 Å². The number of halogens is 4. The number of nitrogens with one attached hydrogen (secondary N) is 2. The van der Waals surface area contributed by atoms with E-state index in [0.717, 1.165) is 0 Å². The molecule has 0 aliphatic rings. The maximum absolute atomic E-state index is 5.76. The summed E-state index contributed by atoms with van der Waals surface area (Å²) >= 11 is 23.0. The van der Waals surface area contributed by atoms with Gasteiger partial charge in [0.05, 0.1) is 11.4 Å². The Morgan fingerprint density at radius 2 is 0.875 bits per heavy atom. The van der Waals surface area contributed by atoms with E-state index < -0.39 is 0 Å². The van der Waals surface area contributed by atoms with E-state index in [4.69, 9.17) is 46.4 Å². The third-order valence-electron chi connectivity index (χ3n) is 2.58. The van der Waals surface area contributed by atoms with Crippen molar-refractivity contribution >= 4 is 69.7 Å². The summed E-state index contributed by atoms with van der Waals surface area (Å²) < 4.78 is 0. The highest BCUT2D eigenvalue weighted by molar-refractivity contribution is 6.31. The van der Waals surface area contributed by atoms with Crippen LogP contribution in [0.25, 0.3) is 0 Å². The van der Waals surface area contributed by atoms with Gasteiger partial charge >= 0.3 is 0 Å². The molecule has 2 N–H and O–H groups in total. The maximum Gasteiger partial charge on any atom is 0.232 e. The number of anilines is 4. The molecule has 122 valence electrons. The quantitative estimate of drug-likeness (QED) is 0.669. The zero-order valence-corrected chi connectivity index (χ0v) is 14.5. The van der Waals surface area contributed by atoms with Crippen molar-refractivity contribution in [3.05, 3.63) is 45.4 Å². The summed E-state index contributed by atoms with van der Waals surface area (Å²) in [5, 5.41) is 5.83. The van der Waals surface area contributed by atoms with Crippen molar-refractivity contribution in [3.63, 3.8) is 0 Å². The van der Waals surface area contributed by atoms with Crippen LogP contribution in [0.3, 0.4) is 0 Å². The van der Waals surface area contributed by atoms with Crippen molar-refractivity contribution in [3.8, 4) is 0 Å². The van der Waals surface area contributed by atoms with E-state index in [1.165, 1.54) is 0 Å². The van der Waals surface area contributed by atoms with Gasteiger partial charge in [0, 0.05) is 0 Å². The molecule has 24 heavy (non-hydrogen) atoms. The first-order valence-electron chi connectivity index (χ1n) is 6.27. The average Bonchev–Trinajstić information content (AvgIpc) is 2.47. The number of benzene rings is 1. The Kier molecular flexibility index (Phi) is 5.10. The summed E-state index contributed by atoms with van der Waals surface area (Å²) in [6, 6.07) is 7.17. The number of aromatic nitrogens is 6. The lowest BCUT2D eigenvalue weighted by atomic mass is 10.2. The highest BCUT2D eigenvalue weighted by atomic mass is 35.5. The van der Waals surface area contributed by atoms with Crippen LogP contribution >= 0.6 is 46.4 Å². The summed E-state index contributed by atoms with van der Waals surface area (Å²) in [7, 11) is 0. The van der Waals surface area contributed by atoms with Crippen LogP contribution in [0.2, 0.25) is 21.1 Å². The predicted molar refractivity (Wildman–Crippen MR) is 92.7 cm³/mol. The standard InChI is InChI=1S/C12H6Cl4N8/c13-7-19-8(14)22-11(21-7)17-5-3-1-2-4-6(5)18-12-23-9(15)20-10(16)24-12/h1-4H,(H,17,19,21,22)(H,18,20,23,24). The molecule has 0 fully saturated rings. The van der Waals surface area contributed by atoms with E-state index in [2.05, 4.69) is 40.5 Å². The topological polar surface area (TPSA) is 101 Å². The molecule has 2 heterocycles. The Morgan fingerprint density at radius 1 is 0.542 bits per heavy atom. The van der Waals surface area contributed by atoms with Crippen LogP contribution < -0.4 is 10.6 Å². The van der Waals surface area contributed by atoms with E-state index in [9.17, 15) is 0 Å². The van der Waals surface area contributed by atoms with E-state index in [-0.39, 0.29) is 33.0 Å². The molecule has 0 aliphatic heterocycles. The van der Waals surface area contributed by atoms with Gasteiger partial charge in [-0.2, -0.15) is 29.9 Å².